The largest absolute Gasteiger partial charge is 0.450 e. The van der Waals surface area contributed by atoms with Gasteiger partial charge in [0.05, 0.1) is 6.61 Å². The molecule has 0 aliphatic heterocycles. The molecule has 0 aliphatic rings. The van der Waals surface area contributed by atoms with Crippen molar-refractivity contribution >= 4 is 12.0 Å². The van der Waals surface area contributed by atoms with Gasteiger partial charge in [-0.15, -0.1) is 0 Å². The summed E-state index contributed by atoms with van der Waals surface area (Å²) in [4.78, 5) is 21.5. The topological polar surface area (TPSA) is 81.4 Å². The number of carbonyl (C=O) groups excluding carboxylic acids is 2. The smallest absolute Gasteiger partial charge is 0.407 e. The van der Waals surface area contributed by atoms with Gasteiger partial charge in [-0.05, 0) is 19.8 Å². The second kappa shape index (κ2) is 8.08. The number of unbranched alkanes of at least 4 members (excludes halogenated alkanes) is 1. The molecule has 5 heteroatoms. The number of ether oxygens (including phenoxy) is 1. The Labute approximate surface area is 90.4 Å². The number of hydrogen-bond acceptors (Lipinski definition) is 3. The van der Waals surface area contributed by atoms with Gasteiger partial charge in [0.2, 0.25) is 5.91 Å². The highest BCUT2D eigenvalue weighted by Crippen LogP contribution is 2.05. The zero-order valence-corrected chi connectivity index (χ0v) is 9.41. The third-order valence-corrected chi connectivity index (χ3v) is 2.09. The van der Waals surface area contributed by atoms with Crippen molar-refractivity contribution in [2.45, 2.75) is 33.1 Å². The molecular weight excluding hydrogens is 196 g/mol. The number of amides is 2. The van der Waals surface area contributed by atoms with Gasteiger partial charge in [0.1, 0.15) is 0 Å². The maximum atomic E-state index is 10.8. The normalized spacial score (nSPS) is 11.9. The lowest BCUT2D eigenvalue weighted by Gasteiger charge is -2.07. The summed E-state index contributed by atoms with van der Waals surface area (Å²) in [5, 5.41) is 2.61. The van der Waals surface area contributed by atoms with E-state index >= 15 is 0 Å². The molecule has 3 N–H and O–H groups in total. The van der Waals surface area contributed by atoms with Gasteiger partial charge in [0, 0.05) is 12.5 Å². The van der Waals surface area contributed by atoms with Crippen molar-refractivity contribution in [3.63, 3.8) is 0 Å². The fourth-order valence-corrected chi connectivity index (χ4v) is 1.09. The standard InChI is InChI=1S/C10H20N2O3/c1-3-15-10(14)12-7-5-4-6-8(2)9(11)13/h8H,3-7H2,1-2H3,(H2,11,13)(H,12,14). The molecule has 15 heavy (non-hydrogen) atoms. The molecule has 0 radical (unpaired) electrons. The van der Waals surface area contributed by atoms with E-state index in [0.29, 0.717) is 13.2 Å². The van der Waals surface area contributed by atoms with Crippen molar-refractivity contribution < 1.29 is 14.3 Å². The Morgan fingerprint density at radius 2 is 2.07 bits per heavy atom. The highest BCUT2D eigenvalue weighted by Gasteiger charge is 2.07. The van der Waals surface area contributed by atoms with Crippen LogP contribution in [0.25, 0.3) is 0 Å². The minimum absolute atomic E-state index is 0.0902. The van der Waals surface area contributed by atoms with Crippen LogP contribution < -0.4 is 11.1 Å². The zero-order valence-electron chi connectivity index (χ0n) is 9.41. The number of primary amides is 1. The second-order valence-corrected chi connectivity index (χ2v) is 3.45. The Morgan fingerprint density at radius 3 is 2.60 bits per heavy atom. The molecule has 0 aliphatic carbocycles. The van der Waals surface area contributed by atoms with E-state index in [2.05, 4.69) is 10.1 Å². The highest BCUT2D eigenvalue weighted by molar-refractivity contribution is 5.76. The Hall–Kier alpha value is -1.26. The molecule has 5 nitrogen and oxygen atoms in total. The predicted octanol–water partition coefficient (Wildman–Crippen LogP) is 1.02. The van der Waals surface area contributed by atoms with Gasteiger partial charge < -0.3 is 15.8 Å². The zero-order chi connectivity index (χ0) is 11.7. The molecular formula is C10H20N2O3. The number of nitrogens with two attached hydrogens (primary N) is 1. The van der Waals surface area contributed by atoms with Crippen LogP contribution in [0, 0.1) is 5.92 Å². The molecule has 0 aromatic heterocycles. The molecule has 1 unspecified atom stereocenters. The second-order valence-electron chi connectivity index (χ2n) is 3.45. The van der Waals surface area contributed by atoms with E-state index < -0.39 is 0 Å². The lowest BCUT2D eigenvalue weighted by molar-refractivity contribution is -0.121. The fourth-order valence-electron chi connectivity index (χ4n) is 1.09. The van der Waals surface area contributed by atoms with Crippen LogP contribution in [-0.4, -0.2) is 25.2 Å². The van der Waals surface area contributed by atoms with Crippen molar-refractivity contribution in [2.24, 2.45) is 11.7 Å². The maximum absolute atomic E-state index is 10.8. The van der Waals surface area contributed by atoms with Gasteiger partial charge in [0.25, 0.3) is 0 Å². The van der Waals surface area contributed by atoms with Crippen molar-refractivity contribution in [2.75, 3.05) is 13.2 Å². The number of hydrogen-bond donors (Lipinski definition) is 2. The summed E-state index contributed by atoms with van der Waals surface area (Å²) in [5.74, 6) is -0.360. The summed E-state index contributed by atoms with van der Waals surface area (Å²) < 4.78 is 4.68. The summed E-state index contributed by atoms with van der Waals surface area (Å²) in [6, 6.07) is 0. The summed E-state index contributed by atoms with van der Waals surface area (Å²) in [6.07, 6.45) is 2.08. The molecule has 0 spiro atoms. The van der Waals surface area contributed by atoms with E-state index in [0.717, 1.165) is 19.3 Å². The average molecular weight is 216 g/mol. The minimum Gasteiger partial charge on any atom is -0.450 e. The van der Waals surface area contributed by atoms with Crippen LogP contribution in [-0.2, 0) is 9.53 Å². The number of rotatable bonds is 7. The lowest BCUT2D eigenvalue weighted by atomic mass is 10.0. The van der Waals surface area contributed by atoms with Crippen LogP contribution in [0.1, 0.15) is 33.1 Å². The third kappa shape index (κ3) is 7.78. The van der Waals surface area contributed by atoms with E-state index in [1.165, 1.54) is 0 Å². The Balaban J connectivity index is 3.32. The summed E-state index contributed by atoms with van der Waals surface area (Å²) in [6.45, 7) is 4.52. The van der Waals surface area contributed by atoms with Crippen molar-refractivity contribution in [1.29, 1.82) is 0 Å². The molecule has 0 saturated carbocycles. The number of nitrogens with one attached hydrogen (secondary N) is 1. The molecule has 0 aromatic rings. The fraction of sp³-hybridized carbons (Fsp3) is 0.800. The minimum atomic E-state index is -0.388. The van der Waals surface area contributed by atoms with Crippen LogP contribution in [0.4, 0.5) is 4.79 Å². The molecule has 0 heterocycles. The molecule has 2 amide bonds. The summed E-state index contributed by atoms with van der Waals surface area (Å²) in [5.41, 5.74) is 5.11. The molecule has 0 rings (SSSR count). The highest BCUT2D eigenvalue weighted by atomic mass is 16.5. The predicted molar refractivity (Wildman–Crippen MR) is 57.2 cm³/mol. The number of carbonyl (C=O) groups is 2. The quantitative estimate of drug-likeness (QED) is 0.623. The first-order valence-electron chi connectivity index (χ1n) is 5.27. The molecule has 0 saturated heterocycles. The molecule has 0 bridgehead atoms. The van der Waals surface area contributed by atoms with Gasteiger partial charge in [-0.1, -0.05) is 13.3 Å². The van der Waals surface area contributed by atoms with Gasteiger partial charge >= 0.3 is 6.09 Å². The van der Waals surface area contributed by atoms with Crippen LogP contribution in [0.3, 0.4) is 0 Å². The van der Waals surface area contributed by atoms with E-state index in [-0.39, 0.29) is 17.9 Å². The van der Waals surface area contributed by atoms with E-state index in [4.69, 9.17) is 5.73 Å². The lowest BCUT2D eigenvalue weighted by Crippen LogP contribution is -2.25. The first-order valence-corrected chi connectivity index (χ1v) is 5.27. The van der Waals surface area contributed by atoms with Crippen LogP contribution in [0.2, 0.25) is 0 Å². The van der Waals surface area contributed by atoms with E-state index in [1.54, 1.807) is 13.8 Å². The van der Waals surface area contributed by atoms with E-state index in [9.17, 15) is 9.59 Å². The SMILES string of the molecule is CCOC(=O)NCCCCC(C)C(N)=O. The third-order valence-electron chi connectivity index (χ3n) is 2.09. The van der Waals surface area contributed by atoms with Crippen LogP contribution >= 0.6 is 0 Å². The van der Waals surface area contributed by atoms with E-state index in [1.807, 2.05) is 0 Å². The first-order chi connectivity index (χ1) is 7.07. The van der Waals surface area contributed by atoms with Crippen LogP contribution in [0.5, 0.6) is 0 Å². The molecule has 1 atom stereocenters. The molecule has 0 aromatic carbocycles. The van der Waals surface area contributed by atoms with Gasteiger partial charge in [0.15, 0.2) is 0 Å². The summed E-state index contributed by atoms with van der Waals surface area (Å²) >= 11 is 0. The van der Waals surface area contributed by atoms with Gasteiger partial charge in [-0.3, -0.25) is 4.79 Å². The van der Waals surface area contributed by atoms with Gasteiger partial charge in [-0.25, -0.2) is 4.79 Å². The Morgan fingerprint density at radius 1 is 1.40 bits per heavy atom. The summed E-state index contributed by atoms with van der Waals surface area (Å²) in [7, 11) is 0. The molecule has 0 fully saturated rings. The van der Waals surface area contributed by atoms with Crippen LogP contribution in [0.15, 0.2) is 0 Å². The average Bonchev–Trinajstić information content (AvgIpc) is 2.17. The van der Waals surface area contributed by atoms with Crippen molar-refractivity contribution in [3.8, 4) is 0 Å². The maximum Gasteiger partial charge on any atom is 0.407 e. The number of alkyl carbamates (subject to hydrolysis) is 1. The monoisotopic (exact) mass is 216 g/mol. The van der Waals surface area contributed by atoms with Gasteiger partial charge in [-0.2, -0.15) is 0 Å². The Bertz CT molecular complexity index is 207. The molecule has 88 valence electrons. The van der Waals surface area contributed by atoms with Crippen molar-refractivity contribution in [1.82, 2.24) is 5.32 Å². The van der Waals surface area contributed by atoms with Crippen molar-refractivity contribution in [3.05, 3.63) is 0 Å². The first kappa shape index (κ1) is 13.7. The Kier molecular flexibility index (Phi) is 7.40.